The molecule has 0 bridgehead atoms. The number of hydrogen-bond acceptors (Lipinski definition) is 5. The first kappa shape index (κ1) is 13.1. The van der Waals surface area contributed by atoms with Crippen LogP contribution in [0.3, 0.4) is 0 Å². The summed E-state index contributed by atoms with van der Waals surface area (Å²) in [7, 11) is 1.36. The van der Waals surface area contributed by atoms with Gasteiger partial charge in [-0.1, -0.05) is 18.2 Å². The lowest BCUT2D eigenvalue weighted by Gasteiger charge is -2.20. The Balaban J connectivity index is 1.72. The molecule has 1 aliphatic carbocycles. The summed E-state index contributed by atoms with van der Waals surface area (Å²) >= 11 is 0. The monoisotopic (exact) mass is 275 g/mol. The molecule has 20 heavy (non-hydrogen) atoms. The minimum atomic E-state index is -0.477. The average molecular weight is 275 g/mol. The topological polar surface area (TPSA) is 55.8 Å². The fourth-order valence-corrected chi connectivity index (χ4v) is 2.72. The third-order valence-electron chi connectivity index (χ3n) is 4.11. The zero-order valence-electron chi connectivity index (χ0n) is 11.4. The third-order valence-corrected chi connectivity index (χ3v) is 4.11. The third kappa shape index (κ3) is 2.41. The quantitative estimate of drug-likeness (QED) is 0.787. The molecule has 0 aromatic heterocycles. The summed E-state index contributed by atoms with van der Waals surface area (Å²) in [6.07, 6.45) is 2.88. The highest BCUT2D eigenvalue weighted by atomic mass is 16.7. The number of benzene rings is 1. The Bertz CT molecular complexity index is 524. The van der Waals surface area contributed by atoms with Crippen LogP contribution in [0.2, 0.25) is 0 Å². The van der Waals surface area contributed by atoms with E-state index in [2.05, 4.69) is 0 Å². The second-order valence-electron chi connectivity index (χ2n) is 5.56. The van der Waals surface area contributed by atoms with E-state index < -0.39 is 12.0 Å². The van der Waals surface area contributed by atoms with Gasteiger partial charge in [-0.15, -0.1) is 5.06 Å². The minimum Gasteiger partial charge on any atom is -0.468 e. The molecule has 1 aromatic rings. The van der Waals surface area contributed by atoms with Gasteiger partial charge in [0.1, 0.15) is 6.04 Å². The zero-order chi connectivity index (χ0) is 14.2. The first-order valence-electron chi connectivity index (χ1n) is 6.75. The van der Waals surface area contributed by atoms with Crippen molar-refractivity contribution in [3.05, 3.63) is 35.9 Å². The summed E-state index contributed by atoms with van der Waals surface area (Å²) < 4.78 is 4.80. The summed E-state index contributed by atoms with van der Waals surface area (Å²) in [6, 6.07) is 8.30. The molecule has 5 heteroatoms. The first-order valence-corrected chi connectivity index (χ1v) is 6.75. The number of methoxy groups -OCH3 is 1. The van der Waals surface area contributed by atoms with Gasteiger partial charge in [-0.2, -0.15) is 0 Å². The van der Waals surface area contributed by atoms with Crippen LogP contribution < -0.4 is 0 Å². The fraction of sp³-hybridized carbons (Fsp3) is 0.467. The molecule has 0 unspecified atom stereocenters. The van der Waals surface area contributed by atoms with Gasteiger partial charge < -0.3 is 9.57 Å². The number of rotatable bonds is 3. The Morgan fingerprint density at radius 2 is 1.95 bits per heavy atom. The molecule has 1 aliphatic heterocycles. The maximum Gasteiger partial charge on any atom is 0.357 e. The van der Waals surface area contributed by atoms with Crippen LogP contribution in [-0.2, 0) is 14.4 Å². The summed E-state index contributed by atoms with van der Waals surface area (Å²) in [5.41, 5.74) is 0.628. The summed E-state index contributed by atoms with van der Waals surface area (Å²) in [5.74, 6) is -0.771. The molecule has 1 saturated carbocycles. The highest BCUT2D eigenvalue weighted by Gasteiger charge is 2.55. The number of carbonyl (C=O) groups excluding carboxylic acids is 2. The second-order valence-corrected chi connectivity index (χ2v) is 5.56. The molecule has 5 nitrogen and oxygen atoms in total. The van der Waals surface area contributed by atoms with E-state index in [1.54, 1.807) is 24.3 Å². The van der Waals surface area contributed by atoms with Crippen molar-refractivity contribution in [3.8, 4) is 0 Å². The van der Waals surface area contributed by atoms with Crippen LogP contribution in [0.25, 0.3) is 0 Å². The summed E-state index contributed by atoms with van der Waals surface area (Å²) in [4.78, 5) is 29.3. The number of carbonyl (C=O) groups is 2. The molecule has 2 aliphatic rings. The Kier molecular flexibility index (Phi) is 3.22. The van der Waals surface area contributed by atoms with E-state index >= 15 is 0 Å². The van der Waals surface area contributed by atoms with Crippen LogP contribution in [0.15, 0.2) is 30.3 Å². The van der Waals surface area contributed by atoms with Crippen molar-refractivity contribution in [1.82, 2.24) is 5.06 Å². The molecular formula is C15H17NO4. The molecule has 1 aromatic carbocycles. The summed E-state index contributed by atoms with van der Waals surface area (Å²) in [5, 5.41) is 1.49. The maximum atomic E-state index is 12.1. The summed E-state index contributed by atoms with van der Waals surface area (Å²) in [6.45, 7) is 0.616. The van der Waals surface area contributed by atoms with E-state index in [9.17, 15) is 9.59 Å². The molecule has 1 heterocycles. The van der Waals surface area contributed by atoms with Crippen molar-refractivity contribution in [2.24, 2.45) is 5.41 Å². The highest BCUT2D eigenvalue weighted by Crippen LogP contribution is 2.55. The van der Waals surface area contributed by atoms with Gasteiger partial charge in [0.25, 0.3) is 0 Å². The second kappa shape index (κ2) is 4.90. The van der Waals surface area contributed by atoms with Gasteiger partial charge in [-0.25, -0.2) is 4.79 Å². The van der Waals surface area contributed by atoms with Gasteiger partial charge in [-0.05, 0) is 36.8 Å². The maximum absolute atomic E-state index is 12.1. The molecule has 3 rings (SSSR count). The lowest BCUT2D eigenvalue weighted by atomic mass is 10.0. The molecule has 106 valence electrons. The van der Waals surface area contributed by atoms with Crippen LogP contribution in [0.1, 0.15) is 29.6 Å². The van der Waals surface area contributed by atoms with Crippen LogP contribution in [-0.4, -0.2) is 36.7 Å². The number of hydroxylamine groups is 2. The number of hydrogen-bond donors (Lipinski definition) is 0. The van der Waals surface area contributed by atoms with Crippen LogP contribution in [0.4, 0.5) is 0 Å². The Morgan fingerprint density at radius 3 is 2.55 bits per heavy atom. The Morgan fingerprint density at radius 1 is 1.25 bits per heavy atom. The number of esters is 1. The Labute approximate surface area is 117 Å². The van der Waals surface area contributed by atoms with Crippen LogP contribution >= 0.6 is 0 Å². The van der Waals surface area contributed by atoms with Gasteiger partial charge in [0.15, 0.2) is 0 Å². The van der Waals surface area contributed by atoms with Crippen LogP contribution in [0, 0.1) is 5.41 Å². The molecule has 1 atom stereocenters. The van der Waals surface area contributed by atoms with Gasteiger partial charge in [0, 0.05) is 6.54 Å². The molecule has 0 N–H and O–H groups in total. The molecule has 1 saturated heterocycles. The highest BCUT2D eigenvalue weighted by molar-refractivity contribution is 5.89. The SMILES string of the molecule is COC(=O)[C@@H]1CC2(CC2)CN1OC(=O)c1ccccc1. The van der Waals surface area contributed by atoms with Crippen molar-refractivity contribution < 1.29 is 19.2 Å². The molecule has 0 radical (unpaired) electrons. The van der Waals surface area contributed by atoms with Crippen molar-refractivity contribution in [1.29, 1.82) is 0 Å². The van der Waals surface area contributed by atoms with Gasteiger partial charge in [-0.3, -0.25) is 4.79 Å². The lowest BCUT2D eigenvalue weighted by molar-refractivity contribution is -0.166. The molecular weight excluding hydrogens is 258 g/mol. The van der Waals surface area contributed by atoms with Crippen molar-refractivity contribution in [3.63, 3.8) is 0 Å². The standard InChI is InChI=1S/C15H17NO4/c1-19-14(18)12-9-15(7-8-15)10-16(12)20-13(17)11-5-3-2-4-6-11/h2-6,12H,7-10H2,1H3/t12-/m0/s1. The molecule has 1 spiro atoms. The molecule has 2 fully saturated rings. The van der Waals surface area contributed by atoms with E-state index in [0.29, 0.717) is 18.5 Å². The lowest BCUT2D eigenvalue weighted by Crippen LogP contribution is -2.38. The normalized spacial score (nSPS) is 23.6. The van der Waals surface area contributed by atoms with E-state index in [4.69, 9.17) is 9.57 Å². The average Bonchev–Trinajstić information content (AvgIpc) is 3.13. The van der Waals surface area contributed by atoms with Crippen molar-refractivity contribution in [2.45, 2.75) is 25.3 Å². The number of ether oxygens (including phenoxy) is 1. The van der Waals surface area contributed by atoms with E-state index in [1.807, 2.05) is 6.07 Å². The fourth-order valence-electron chi connectivity index (χ4n) is 2.72. The zero-order valence-corrected chi connectivity index (χ0v) is 11.4. The molecule has 0 amide bonds. The Hall–Kier alpha value is -1.88. The van der Waals surface area contributed by atoms with Crippen molar-refractivity contribution >= 4 is 11.9 Å². The van der Waals surface area contributed by atoms with E-state index in [1.165, 1.54) is 12.2 Å². The minimum absolute atomic E-state index is 0.149. The van der Waals surface area contributed by atoms with Crippen LogP contribution in [0.5, 0.6) is 0 Å². The predicted molar refractivity (Wildman–Crippen MR) is 70.7 cm³/mol. The number of nitrogens with zero attached hydrogens (tertiary/aromatic N) is 1. The van der Waals surface area contributed by atoms with Gasteiger partial charge >= 0.3 is 11.9 Å². The largest absolute Gasteiger partial charge is 0.468 e. The van der Waals surface area contributed by atoms with E-state index in [0.717, 1.165) is 12.8 Å². The van der Waals surface area contributed by atoms with Gasteiger partial charge in [0.2, 0.25) is 0 Å². The smallest absolute Gasteiger partial charge is 0.357 e. The van der Waals surface area contributed by atoms with Gasteiger partial charge in [0.05, 0.1) is 12.7 Å². The first-order chi connectivity index (χ1) is 9.63. The van der Waals surface area contributed by atoms with Crippen molar-refractivity contribution in [2.75, 3.05) is 13.7 Å². The van der Waals surface area contributed by atoms with E-state index in [-0.39, 0.29) is 11.4 Å². The predicted octanol–water partition coefficient (Wildman–Crippen LogP) is 1.79.